The number of hydrogen-bond donors (Lipinski definition) is 1. The van der Waals surface area contributed by atoms with Crippen molar-refractivity contribution in [3.8, 4) is 5.75 Å². The average molecular weight is 356 g/mol. The van der Waals surface area contributed by atoms with E-state index in [1.807, 2.05) is 31.2 Å². The van der Waals surface area contributed by atoms with Crippen LogP contribution in [0.5, 0.6) is 5.75 Å². The predicted molar refractivity (Wildman–Crippen MR) is 81.1 cm³/mol. The first-order valence-electron chi connectivity index (χ1n) is 6.86. The molecule has 114 valence electrons. The summed E-state index contributed by atoms with van der Waals surface area (Å²) in [5.41, 5.74) is 0. The van der Waals surface area contributed by atoms with Crippen molar-refractivity contribution in [3.05, 3.63) is 28.7 Å². The van der Waals surface area contributed by atoms with E-state index in [1.165, 1.54) is 0 Å². The van der Waals surface area contributed by atoms with Gasteiger partial charge in [-0.05, 0) is 24.1 Å². The second kappa shape index (κ2) is 6.93. The lowest BCUT2D eigenvalue weighted by atomic mass is 9.99. The summed E-state index contributed by atoms with van der Waals surface area (Å²) in [4.78, 5) is 24.7. The van der Waals surface area contributed by atoms with Crippen molar-refractivity contribution in [2.45, 2.75) is 13.3 Å². The number of ether oxygens (including phenoxy) is 1. The molecule has 1 amide bonds. The minimum Gasteiger partial charge on any atom is -0.493 e. The molecule has 1 saturated heterocycles. The molecule has 6 heteroatoms. The van der Waals surface area contributed by atoms with Crippen LogP contribution in [0.3, 0.4) is 0 Å². The van der Waals surface area contributed by atoms with E-state index in [1.54, 1.807) is 4.90 Å². The Bertz CT molecular complexity index is 534. The third-order valence-electron chi connectivity index (χ3n) is 3.66. The molecule has 1 aliphatic rings. The van der Waals surface area contributed by atoms with Gasteiger partial charge in [-0.2, -0.15) is 0 Å². The first kappa shape index (κ1) is 15.8. The van der Waals surface area contributed by atoms with Crippen molar-refractivity contribution < 1.29 is 19.4 Å². The Morgan fingerprint density at radius 2 is 2.19 bits per heavy atom. The first-order chi connectivity index (χ1) is 9.97. The van der Waals surface area contributed by atoms with Gasteiger partial charge in [-0.3, -0.25) is 9.59 Å². The largest absolute Gasteiger partial charge is 0.493 e. The molecule has 2 unspecified atom stereocenters. The van der Waals surface area contributed by atoms with Gasteiger partial charge in [0.15, 0.2) is 0 Å². The molecule has 1 N–H and O–H groups in total. The summed E-state index contributed by atoms with van der Waals surface area (Å²) in [5, 5.41) is 9.07. The van der Waals surface area contributed by atoms with E-state index in [4.69, 9.17) is 9.84 Å². The number of likely N-dealkylation sites (tertiary alicyclic amines) is 1. The molecule has 0 bridgehead atoms. The van der Waals surface area contributed by atoms with Gasteiger partial charge in [-0.1, -0.05) is 28.9 Å². The van der Waals surface area contributed by atoms with Gasteiger partial charge in [-0.15, -0.1) is 0 Å². The number of halogens is 1. The van der Waals surface area contributed by atoms with Crippen molar-refractivity contribution >= 4 is 27.8 Å². The van der Waals surface area contributed by atoms with Crippen LogP contribution in [0.25, 0.3) is 0 Å². The molecule has 2 rings (SSSR count). The van der Waals surface area contributed by atoms with Crippen molar-refractivity contribution in [1.82, 2.24) is 4.90 Å². The number of carboxylic acids is 1. The Labute approximate surface area is 132 Å². The zero-order valence-corrected chi connectivity index (χ0v) is 13.4. The maximum Gasteiger partial charge on any atom is 0.308 e. The molecular weight excluding hydrogens is 338 g/mol. The molecule has 0 saturated carbocycles. The molecule has 0 radical (unpaired) electrons. The molecule has 1 aliphatic heterocycles. The lowest BCUT2D eigenvalue weighted by Gasteiger charge is -2.16. The van der Waals surface area contributed by atoms with Crippen molar-refractivity contribution in [2.75, 3.05) is 19.7 Å². The SMILES string of the molecule is CC1CN(C(=O)CCOc2cccc(Br)c2)CC1C(=O)O. The van der Waals surface area contributed by atoms with Gasteiger partial charge in [0, 0.05) is 17.6 Å². The quantitative estimate of drug-likeness (QED) is 0.880. The maximum atomic E-state index is 12.1. The van der Waals surface area contributed by atoms with E-state index in [-0.39, 0.29) is 24.9 Å². The molecule has 5 nitrogen and oxygen atoms in total. The van der Waals surface area contributed by atoms with Crippen LogP contribution in [0.15, 0.2) is 28.7 Å². The smallest absolute Gasteiger partial charge is 0.308 e. The van der Waals surface area contributed by atoms with Crippen LogP contribution >= 0.6 is 15.9 Å². The van der Waals surface area contributed by atoms with E-state index in [9.17, 15) is 9.59 Å². The number of benzene rings is 1. The Hall–Kier alpha value is -1.56. The van der Waals surface area contributed by atoms with Gasteiger partial charge in [0.05, 0.1) is 18.9 Å². The molecule has 0 aliphatic carbocycles. The van der Waals surface area contributed by atoms with Crippen LogP contribution in [-0.2, 0) is 9.59 Å². The highest BCUT2D eigenvalue weighted by Crippen LogP contribution is 2.24. The van der Waals surface area contributed by atoms with Crippen LogP contribution in [0.4, 0.5) is 0 Å². The second-order valence-corrected chi connectivity index (χ2v) is 6.19. The Kier molecular flexibility index (Phi) is 5.22. The van der Waals surface area contributed by atoms with Crippen molar-refractivity contribution in [3.63, 3.8) is 0 Å². The molecule has 1 aromatic carbocycles. The van der Waals surface area contributed by atoms with E-state index >= 15 is 0 Å². The molecule has 2 atom stereocenters. The average Bonchev–Trinajstić information content (AvgIpc) is 2.81. The number of amides is 1. The van der Waals surface area contributed by atoms with Gasteiger partial charge in [0.25, 0.3) is 0 Å². The lowest BCUT2D eigenvalue weighted by molar-refractivity contribution is -0.142. The van der Waals surface area contributed by atoms with Crippen molar-refractivity contribution in [1.29, 1.82) is 0 Å². The van der Waals surface area contributed by atoms with Gasteiger partial charge in [0.1, 0.15) is 5.75 Å². The van der Waals surface area contributed by atoms with Gasteiger partial charge in [0.2, 0.25) is 5.91 Å². The first-order valence-corrected chi connectivity index (χ1v) is 7.65. The summed E-state index contributed by atoms with van der Waals surface area (Å²) >= 11 is 3.35. The summed E-state index contributed by atoms with van der Waals surface area (Å²) < 4.78 is 6.44. The fourth-order valence-corrected chi connectivity index (χ4v) is 2.84. The number of aliphatic carboxylic acids is 1. The maximum absolute atomic E-state index is 12.1. The fraction of sp³-hybridized carbons (Fsp3) is 0.467. The number of rotatable bonds is 5. The molecule has 1 fully saturated rings. The third-order valence-corrected chi connectivity index (χ3v) is 4.16. The van der Waals surface area contributed by atoms with Crippen LogP contribution < -0.4 is 4.74 Å². The topological polar surface area (TPSA) is 66.8 Å². The van der Waals surface area contributed by atoms with E-state index in [0.717, 1.165) is 4.47 Å². The fourth-order valence-electron chi connectivity index (χ4n) is 2.46. The molecule has 21 heavy (non-hydrogen) atoms. The highest BCUT2D eigenvalue weighted by Gasteiger charge is 2.36. The molecule has 0 spiro atoms. The van der Waals surface area contributed by atoms with Gasteiger partial charge >= 0.3 is 5.97 Å². The third kappa shape index (κ3) is 4.20. The number of nitrogens with zero attached hydrogens (tertiary/aromatic N) is 1. The normalized spacial score (nSPS) is 21.3. The highest BCUT2D eigenvalue weighted by atomic mass is 79.9. The van der Waals surface area contributed by atoms with E-state index < -0.39 is 11.9 Å². The van der Waals surface area contributed by atoms with E-state index in [2.05, 4.69) is 15.9 Å². The van der Waals surface area contributed by atoms with Gasteiger partial charge < -0.3 is 14.7 Å². The zero-order chi connectivity index (χ0) is 15.4. The number of carbonyl (C=O) groups is 2. The van der Waals surface area contributed by atoms with Crippen molar-refractivity contribution in [2.24, 2.45) is 11.8 Å². The molecular formula is C15H18BrNO4. The Morgan fingerprint density at radius 1 is 1.43 bits per heavy atom. The standard InChI is InChI=1S/C15H18BrNO4/c1-10-8-17(9-13(10)15(19)20)14(18)5-6-21-12-4-2-3-11(16)7-12/h2-4,7,10,13H,5-6,8-9H2,1H3,(H,19,20). The minimum atomic E-state index is -0.830. The predicted octanol–water partition coefficient (Wildman–Crippen LogP) is 2.40. The zero-order valence-electron chi connectivity index (χ0n) is 11.8. The Morgan fingerprint density at radius 3 is 2.81 bits per heavy atom. The van der Waals surface area contributed by atoms with Crippen LogP contribution in [0.2, 0.25) is 0 Å². The summed E-state index contributed by atoms with van der Waals surface area (Å²) in [5.74, 6) is -0.642. The molecule has 1 heterocycles. The molecule has 0 aromatic heterocycles. The Balaban J connectivity index is 1.79. The number of carbonyl (C=O) groups excluding carboxylic acids is 1. The highest BCUT2D eigenvalue weighted by molar-refractivity contribution is 9.10. The summed E-state index contributed by atoms with van der Waals surface area (Å²) in [6.45, 7) is 2.96. The monoisotopic (exact) mass is 355 g/mol. The van der Waals surface area contributed by atoms with Crippen LogP contribution in [0, 0.1) is 11.8 Å². The lowest BCUT2D eigenvalue weighted by Crippen LogP contribution is -2.30. The van der Waals surface area contributed by atoms with Crippen LogP contribution in [-0.4, -0.2) is 41.6 Å². The summed E-state index contributed by atoms with van der Waals surface area (Å²) in [7, 11) is 0. The van der Waals surface area contributed by atoms with Gasteiger partial charge in [-0.25, -0.2) is 0 Å². The minimum absolute atomic E-state index is 0.00236. The summed E-state index contributed by atoms with van der Waals surface area (Å²) in [6, 6.07) is 7.42. The second-order valence-electron chi connectivity index (χ2n) is 5.28. The summed E-state index contributed by atoms with van der Waals surface area (Å²) in [6.07, 6.45) is 0.256. The van der Waals surface area contributed by atoms with Crippen LogP contribution in [0.1, 0.15) is 13.3 Å². The number of carboxylic acid groups (broad SMARTS) is 1. The van der Waals surface area contributed by atoms with E-state index in [0.29, 0.717) is 18.8 Å². The number of hydrogen-bond acceptors (Lipinski definition) is 3. The molecule has 1 aromatic rings.